The van der Waals surface area contributed by atoms with Crippen LogP contribution >= 0.6 is 11.6 Å². The third kappa shape index (κ3) is 2.25. The van der Waals surface area contributed by atoms with Crippen molar-refractivity contribution >= 4 is 17.4 Å². The van der Waals surface area contributed by atoms with E-state index < -0.39 is 11.6 Å². The zero-order chi connectivity index (χ0) is 11.4. The Balaban J connectivity index is 3.33. The van der Waals surface area contributed by atoms with Crippen LogP contribution in [0.4, 0.5) is 4.39 Å². The van der Waals surface area contributed by atoms with Gasteiger partial charge in [-0.25, -0.2) is 4.39 Å². The van der Waals surface area contributed by atoms with Crippen LogP contribution in [0.25, 0.3) is 0 Å². The van der Waals surface area contributed by atoms with Gasteiger partial charge in [0.1, 0.15) is 17.6 Å². The summed E-state index contributed by atoms with van der Waals surface area (Å²) >= 11 is 5.31. The summed E-state index contributed by atoms with van der Waals surface area (Å²) in [6, 6.07) is 3.90. The minimum absolute atomic E-state index is 0.0427. The number of Topliss-reactive ketones (excluding diaryl/α,β-unsaturated/α-hetero) is 1. The van der Waals surface area contributed by atoms with Crippen LogP contribution in [-0.4, -0.2) is 18.8 Å². The summed E-state index contributed by atoms with van der Waals surface area (Å²) in [5.41, 5.74) is -0.123. The lowest BCUT2D eigenvalue weighted by atomic mass is 10.1. The van der Waals surface area contributed by atoms with Crippen LogP contribution in [-0.2, 0) is 0 Å². The molecule has 0 amide bonds. The number of ketones is 1. The Morgan fingerprint density at radius 1 is 1.67 bits per heavy atom. The zero-order valence-electron chi connectivity index (χ0n) is 7.88. The lowest BCUT2D eigenvalue weighted by Gasteiger charge is -2.05. The maximum atomic E-state index is 13.3. The van der Waals surface area contributed by atoms with Gasteiger partial charge in [-0.1, -0.05) is 0 Å². The highest BCUT2D eigenvalue weighted by Crippen LogP contribution is 2.22. The average molecular weight is 228 g/mol. The van der Waals surface area contributed by atoms with Crippen molar-refractivity contribution < 1.29 is 13.9 Å². The summed E-state index contributed by atoms with van der Waals surface area (Å²) in [7, 11) is 1.34. The molecule has 0 aliphatic rings. The van der Waals surface area contributed by atoms with Crippen LogP contribution in [0.2, 0.25) is 0 Å². The minimum Gasteiger partial charge on any atom is -0.495 e. The fraction of sp³-hybridized carbons (Fsp3) is 0.200. The molecule has 0 saturated heterocycles. The number of methoxy groups -OCH3 is 1. The van der Waals surface area contributed by atoms with E-state index in [2.05, 4.69) is 0 Å². The maximum absolute atomic E-state index is 13.3. The van der Waals surface area contributed by atoms with Crippen LogP contribution in [0.1, 0.15) is 15.9 Å². The number of hydrogen-bond acceptors (Lipinski definition) is 3. The van der Waals surface area contributed by atoms with E-state index in [1.807, 2.05) is 0 Å². The van der Waals surface area contributed by atoms with Crippen molar-refractivity contribution in [2.24, 2.45) is 0 Å². The second-order valence-corrected chi connectivity index (χ2v) is 2.97. The molecular formula is C10H7ClFNO2. The van der Waals surface area contributed by atoms with E-state index in [4.69, 9.17) is 21.6 Å². The van der Waals surface area contributed by atoms with Crippen molar-refractivity contribution in [2.75, 3.05) is 13.0 Å². The van der Waals surface area contributed by atoms with Gasteiger partial charge >= 0.3 is 0 Å². The molecule has 1 aromatic carbocycles. The second kappa shape index (κ2) is 4.76. The monoisotopic (exact) mass is 227 g/mol. The van der Waals surface area contributed by atoms with Crippen LogP contribution in [0.5, 0.6) is 5.75 Å². The summed E-state index contributed by atoms with van der Waals surface area (Å²) in [4.78, 5) is 11.2. The van der Waals surface area contributed by atoms with Gasteiger partial charge in [0.25, 0.3) is 0 Å². The zero-order valence-corrected chi connectivity index (χ0v) is 8.64. The molecule has 0 unspecified atom stereocenters. The molecule has 0 fully saturated rings. The normalized spacial score (nSPS) is 9.47. The summed E-state index contributed by atoms with van der Waals surface area (Å²) < 4.78 is 18.1. The first kappa shape index (κ1) is 11.5. The largest absolute Gasteiger partial charge is 0.495 e. The van der Waals surface area contributed by atoms with Crippen molar-refractivity contribution in [1.82, 2.24) is 0 Å². The van der Waals surface area contributed by atoms with E-state index in [1.54, 1.807) is 6.07 Å². The minimum atomic E-state index is -0.766. The van der Waals surface area contributed by atoms with E-state index in [1.165, 1.54) is 13.2 Å². The molecule has 5 heteroatoms. The van der Waals surface area contributed by atoms with Gasteiger partial charge in [-0.3, -0.25) is 4.79 Å². The topological polar surface area (TPSA) is 50.1 Å². The maximum Gasteiger partial charge on any atom is 0.180 e. The summed E-state index contributed by atoms with van der Waals surface area (Å²) in [6.07, 6.45) is 0. The first-order valence-corrected chi connectivity index (χ1v) is 4.54. The third-order valence-corrected chi connectivity index (χ3v) is 2.07. The molecule has 1 aromatic rings. The SMILES string of the molecule is COc1cc(C(=O)CCl)c(F)cc1C#N. The molecule has 15 heavy (non-hydrogen) atoms. The number of halogens is 2. The van der Waals surface area contributed by atoms with Gasteiger partial charge in [0.05, 0.1) is 24.1 Å². The van der Waals surface area contributed by atoms with Crippen LogP contribution in [0.3, 0.4) is 0 Å². The molecular weight excluding hydrogens is 221 g/mol. The molecule has 0 spiro atoms. The van der Waals surface area contributed by atoms with Gasteiger partial charge in [-0.2, -0.15) is 5.26 Å². The van der Waals surface area contributed by atoms with Crippen molar-refractivity contribution in [3.8, 4) is 11.8 Å². The van der Waals surface area contributed by atoms with Crippen molar-refractivity contribution in [2.45, 2.75) is 0 Å². The number of benzene rings is 1. The molecule has 0 N–H and O–H groups in total. The van der Waals surface area contributed by atoms with E-state index in [-0.39, 0.29) is 22.8 Å². The van der Waals surface area contributed by atoms with Crippen LogP contribution in [0.15, 0.2) is 12.1 Å². The molecule has 0 aliphatic carbocycles. The fourth-order valence-corrected chi connectivity index (χ4v) is 1.24. The quantitative estimate of drug-likeness (QED) is 0.587. The van der Waals surface area contributed by atoms with E-state index in [0.29, 0.717) is 0 Å². The number of carbonyl (C=O) groups is 1. The van der Waals surface area contributed by atoms with Gasteiger partial charge in [0.2, 0.25) is 0 Å². The first-order chi connectivity index (χ1) is 7.13. The van der Waals surface area contributed by atoms with Gasteiger partial charge < -0.3 is 4.74 Å². The van der Waals surface area contributed by atoms with Gasteiger partial charge in [0.15, 0.2) is 5.78 Å². The molecule has 0 bridgehead atoms. The van der Waals surface area contributed by atoms with E-state index >= 15 is 0 Å². The predicted octanol–water partition coefficient (Wildman–Crippen LogP) is 2.13. The Labute approximate surface area is 91.0 Å². The van der Waals surface area contributed by atoms with Crippen LogP contribution in [0, 0.1) is 17.1 Å². The lowest BCUT2D eigenvalue weighted by Crippen LogP contribution is -2.05. The molecule has 0 aliphatic heterocycles. The molecule has 0 aromatic heterocycles. The summed E-state index contributed by atoms with van der Waals surface area (Å²) in [5, 5.41) is 8.65. The number of ether oxygens (including phenoxy) is 1. The van der Waals surface area contributed by atoms with Crippen molar-refractivity contribution in [1.29, 1.82) is 5.26 Å². The highest BCUT2D eigenvalue weighted by Gasteiger charge is 2.15. The summed E-state index contributed by atoms with van der Waals surface area (Å²) in [5.74, 6) is -1.46. The number of rotatable bonds is 3. The highest BCUT2D eigenvalue weighted by molar-refractivity contribution is 6.30. The number of alkyl halides is 1. The van der Waals surface area contributed by atoms with E-state index in [0.717, 1.165) is 6.07 Å². The third-order valence-electron chi connectivity index (χ3n) is 1.83. The Bertz CT molecular complexity index is 440. The fourth-order valence-electron chi connectivity index (χ4n) is 1.10. The molecule has 0 radical (unpaired) electrons. The van der Waals surface area contributed by atoms with Crippen molar-refractivity contribution in [3.63, 3.8) is 0 Å². The number of nitrogens with zero attached hydrogens (tertiary/aromatic N) is 1. The first-order valence-electron chi connectivity index (χ1n) is 4.00. The Morgan fingerprint density at radius 2 is 2.33 bits per heavy atom. The second-order valence-electron chi connectivity index (χ2n) is 2.70. The summed E-state index contributed by atoms with van der Waals surface area (Å²) in [6.45, 7) is 0. The van der Waals surface area contributed by atoms with Gasteiger partial charge in [-0.05, 0) is 12.1 Å². The number of hydrogen-bond donors (Lipinski definition) is 0. The Hall–Kier alpha value is -1.60. The molecule has 3 nitrogen and oxygen atoms in total. The molecule has 0 heterocycles. The lowest BCUT2D eigenvalue weighted by molar-refractivity contribution is 0.101. The molecule has 0 atom stereocenters. The number of nitriles is 1. The average Bonchev–Trinajstić information content (AvgIpc) is 2.27. The molecule has 78 valence electrons. The molecule has 1 rings (SSSR count). The van der Waals surface area contributed by atoms with E-state index in [9.17, 15) is 9.18 Å². The van der Waals surface area contributed by atoms with Crippen molar-refractivity contribution in [3.05, 3.63) is 29.1 Å². The predicted molar refractivity (Wildman–Crippen MR) is 52.7 cm³/mol. The highest BCUT2D eigenvalue weighted by atomic mass is 35.5. The smallest absolute Gasteiger partial charge is 0.180 e. The van der Waals surface area contributed by atoms with Crippen LogP contribution < -0.4 is 4.74 Å². The number of carbonyl (C=O) groups excluding carboxylic acids is 1. The standard InChI is InChI=1S/C10H7ClFNO2/c1-15-10-3-7(9(14)4-11)8(12)2-6(10)5-13/h2-3H,4H2,1H3. The van der Waals surface area contributed by atoms with Gasteiger partial charge in [-0.15, -0.1) is 11.6 Å². The van der Waals surface area contributed by atoms with Gasteiger partial charge in [0, 0.05) is 0 Å². The molecule has 0 saturated carbocycles. The Morgan fingerprint density at radius 3 is 2.80 bits per heavy atom. The Kier molecular flexibility index (Phi) is 3.64.